The molecule has 2 heteroatoms. The molecule has 0 saturated carbocycles. The number of rotatable bonds is 0. The minimum atomic E-state index is 0.923. The molecule has 0 N–H and O–H groups in total. The summed E-state index contributed by atoms with van der Waals surface area (Å²) in [5.41, 5.74) is 4.68. The minimum absolute atomic E-state index is 0.923. The Kier molecular flexibility index (Phi) is 1.92. The zero-order valence-electron chi connectivity index (χ0n) is 9.03. The van der Waals surface area contributed by atoms with E-state index in [9.17, 15) is 0 Å². The van der Waals surface area contributed by atoms with E-state index >= 15 is 0 Å². The molecule has 0 aliphatic heterocycles. The van der Waals surface area contributed by atoms with Crippen LogP contribution in [0.25, 0.3) is 21.9 Å². The van der Waals surface area contributed by atoms with Gasteiger partial charge in [0, 0.05) is 3.57 Å². The molecule has 0 unspecified atom stereocenters. The molecule has 0 amide bonds. The van der Waals surface area contributed by atoms with Crippen LogP contribution in [0.5, 0.6) is 0 Å². The number of benzene rings is 2. The second-order valence-corrected chi connectivity index (χ2v) is 5.61. The van der Waals surface area contributed by atoms with Crippen molar-refractivity contribution in [1.29, 1.82) is 0 Å². The molecule has 1 heterocycles. The van der Waals surface area contributed by atoms with Crippen LogP contribution in [0.3, 0.4) is 0 Å². The van der Waals surface area contributed by atoms with Crippen LogP contribution < -0.4 is 0 Å². The van der Waals surface area contributed by atoms with Crippen molar-refractivity contribution in [1.82, 2.24) is 0 Å². The summed E-state index contributed by atoms with van der Waals surface area (Å²) >= 11 is 2.40. The van der Waals surface area contributed by atoms with E-state index in [4.69, 9.17) is 4.42 Å². The maximum atomic E-state index is 5.90. The van der Waals surface area contributed by atoms with Crippen LogP contribution in [0.15, 0.2) is 46.9 Å². The first kappa shape index (κ1) is 9.71. The van der Waals surface area contributed by atoms with E-state index < -0.39 is 0 Å². The molecule has 1 aromatic heterocycles. The van der Waals surface area contributed by atoms with Gasteiger partial charge in [0.25, 0.3) is 0 Å². The van der Waals surface area contributed by atoms with Crippen molar-refractivity contribution in [2.45, 2.75) is 6.42 Å². The molecule has 17 heavy (non-hydrogen) atoms. The van der Waals surface area contributed by atoms with Crippen molar-refractivity contribution < 1.29 is 4.42 Å². The van der Waals surface area contributed by atoms with E-state index in [1.165, 1.54) is 25.5 Å². The van der Waals surface area contributed by atoms with Gasteiger partial charge in [-0.3, -0.25) is 0 Å². The average Bonchev–Trinajstić information content (AvgIpc) is 2.74. The summed E-state index contributed by atoms with van der Waals surface area (Å²) < 4.78 is 7.20. The van der Waals surface area contributed by atoms with E-state index in [1.54, 1.807) is 0 Å². The van der Waals surface area contributed by atoms with Gasteiger partial charge in [-0.05, 0) is 75.2 Å². The predicted octanol–water partition coefficient (Wildman–Crippen LogP) is 4.66. The average molecular weight is 332 g/mol. The third-order valence-corrected chi connectivity index (χ3v) is 4.30. The molecule has 4 rings (SSSR count). The molecule has 1 nitrogen and oxygen atoms in total. The Labute approximate surface area is 112 Å². The van der Waals surface area contributed by atoms with Gasteiger partial charge in [0.15, 0.2) is 0 Å². The van der Waals surface area contributed by atoms with Gasteiger partial charge in [0.05, 0.1) is 0 Å². The fourth-order valence-corrected chi connectivity index (χ4v) is 3.33. The van der Waals surface area contributed by atoms with E-state index in [1.807, 2.05) is 6.07 Å². The number of hydrogen-bond acceptors (Lipinski definition) is 1. The Morgan fingerprint density at radius 1 is 0.941 bits per heavy atom. The highest BCUT2D eigenvalue weighted by molar-refractivity contribution is 14.1. The van der Waals surface area contributed by atoms with E-state index in [0.717, 1.165) is 17.6 Å². The van der Waals surface area contributed by atoms with Crippen LogP contribution >= 0.6 is 22.6 Å². The largest absolute Gasteiger partial charge is 0.457 e. The summed E-state index contributed by atoms with van der Waals surface area (Å²) in [6, 6.07) is 14.9. The second kappa shape index (κ2) is 3.35. The third-order valence-electron chi connectivity index (χ3n) is 3.34. The van der Waals surface area contributed by atoms with E-state index in [2.05, 4.69) is 59.0 Å². The summed E-state index contributed by atoms with van der Waals surface area (Å²) in [5.74, 6) is 0. The van der Waals surface area contributed by atoms with Crippen molar-refractivity contribution in [2.24, 2.45) is 0 Å². The molecule has 2 aromatic carbocycles. The SMILES string of the molecule is Ic1cc2cc3cc(c4cccc(c4)o2)Cc13. The summed E-state index contributed by atoms with van der Waals surface area (Å²) in [4.78, 5) is 0. The molecule has 3 aromatic rings. The lowest BCUT2D eigenvalue weighted by molar-refractivity contribution is 0.655. The zero-order valence-corrected chi connectivity index (χ0v) is 11.2. The maximum absolute atomic E-state index is 5.90. The summed E-state index contributed by atoms with van der Waals surface area (Å²) in [6.07, 6.45) is 1.04. The standard InChI is InChI=1S/C15H9IO/c16-15-8-13-6-11-4-10(7-14(11)15)9-2-1-3-12(5-9)17-13/h1-6,8H,7H2. The minimum Gasteiger partial charge on any atom is -0.457 e. The monoisotopic (exact) mass is 332 g/mol. The predicted molar refractivity (Wildman–Crippen MR) is 78.1 cm³/mol. The lowest BCUT2D eigenvalue weighted by Crippen LogP contribution is -1.87. The molecule has 0 saturated heterocycles. The topological polar surface area (TPSA) is 13.1 Å². The van der Waals surface area contributed by atoms with Crippen LogP contribution in [0.2, 0.25) is 0 Å². The Balaban J connectivity index is 2.33. The Morgan fingerprint density at radius 3 is 2.76 bits per heavy atom. The number of halogens is 1. The van der Waals surface area contributed by atoms with Crippen LogP contribution in [-0.4, -0.2) is 0 Å². The summed E-state index contributed by atoms with van der Waals surface area (Å²) in [6.45, 7) is 0. The first-order valence-corrected chi connectivity index (χ1v) is 6.69. The van der Waals surface area contributed by atoms with Crippen LogP contribution in [0.1, 0.15) is 11.1 Å². The normalized spacial score (nSPS) is 12.8. The first-order chi connectivity index (χ1) is 8.29. The number of hydrogen-bond donors (Lipinski definition) is 0. The van der Waals surface area contributed by atoms with Crippen molar-refractivity contribution in [3.8, 4) is 0 Å². The van der Waals surface area contributed by atoms with Gasteiger partial charge >= 0.3 is 0 Å². The van der Waals surface area contributed by atoms with Gasteiger partial charge in [0.2, 0.25) is 0 Å². The van der Waals surface area contributed by atoms with Crippen LogP contribution in [0.4, 0.5) is 0 Å². The molecule has 0 fully saturated rings. The van der Waals surface area contributed by atoms with Crippen LogP contribution in [0, 0.1) is 3.57 Å². The molecular formula is C15H9IO. The smallest absolute Gasteiger partial charge is 0.129 e. The van der Waals surface area contributed by atoms with Gasteiger partial charge in [-0.15, -0.1) is 0 Å². The second-order valence-electron chi connectivity index (χ2n) is 4.45. The van der Waals surface area contributed by atoms with Crippen molar-refractivity contribution >= 4 is 44.5 Å². The van der Waals surface area contributed by atoms with Crippen molar-refractivity contribution in [3.63, 3.8) is 0 Å². The zero-order chi connectivity index (χ0) is 11.4. The molecule has 0 radical (unpaired) electrons. The third kappa shape index (κ3) is 1.43. The quantitative estimate of drug-likeness (QED) is 0.427. The lowest BCUT2D eigenvalue weighted by atomic mass is 10.1. The molecule has 82 valence electrons. The fraction of sp³-hybridized carbons (Fsp3) is 0.0667. The molecular weight excluding hydrogens is 323 g/mol. The molecule has 0 atom stereocenters. The Hall–Kier alpha value is -1.29. The maximum Gasteiger partial charge on any atom is 0.129 e. The number of fused-ring (bicyclic) bond motifs is 5. The van der Waals surface area contributed by atoms with Gasteiger partial charge in [-0.25, -0.2) is 0 Å². The highest BCUT2D eigenvalue weighted by Crippen LogP contribution is 2.32. The van der Waals surface area contributed by atoms with Gasteiger partial charge in [-0.1, -0.05) is 18.2 Å². The summed E-state index contributed by atoms with van der Waals surface area (Å²) in [5, 5.41) is 2.58. The molecule has 1 aliphatic carbocycles. The van der Waals surface area contributed by atoms with Crippen molar-refractivity contribution in [2.75, 3.05) is 0 Å². The molecule has 1 aliphatic rings. The Bertz CT molecular complexity index is 784. The van der Waals surface area contributed by atoms with Crippen molar-refractivity contribution in [3.05, 3.63) is 57.2 Å². The highest BCUT2D eigenvalue weighted by Gasteiger charge is 2.13. The first-order valence-electron chi connectivity index (χ1n) is 5.61. The van der Waals surface area contributed by atoms with E-state index in [0.29, 0.717) is 0 Å². The van der Waals surface area contributed by atoms with Gasteiger partial charge < -0.3 is 4.42 Å². The van der Waals surface area contributed by atoms with Gasteiger partial charge in [0.1, 0.15) is 11.2 Å². The molecule has 5 bridgehead atoms. The highest BCUT2D eigenvalue weighted by atomic mass is 127. The van der Waals surface area contributed by atoms with Crippen LogP contribution in [-0.2, 0) is 6.42 Å². The lowest BCUT2D eigenvalue weighted by Gasteiger charge is -2.03. The molecule has 0 spiro atoms. The fourth-order valence-electron chi connectivity index (χ4n) is 2.52. The Morgan fingerprint density at radius 2 is 1.82 bits per heavy atom. The van der Waals surface area contributed by atoms with E-state index in [-0.39, 0.29) is 0 Å². The summed E-state index contributed by atoms with van der Waals surface area (Å²) in [7, 11) is 0. The van der Waals surface area contributed by atoms with Gasteiger partial charge in [-0.2, -0.15) is 0 Å².